The van der Waals surface area contributed by atoms with Crippen molar-refractivity contribution in [1.29, 1.82) is 0 Å². The molecule has 23 heavy (non-hydrogen) atoms. The van der Waals surface area contributed by atoms with E-state index in [4.69, 9.17) is 0 Å². The van der Waals surface area contributed by atoms with Gasteiger partial charge in [-0.1, -0.05) is 48.5 Å². The Balaban J connectivity index is 1.77. The van der Waals surface area contributed by atoms with E-state index < -0.39 is 6.04 Å². The molecule has 1 atom stereocenters. The quantitative estimate of drug-likeness (QED) is 0.696. The van der Waals surface area contributed by atoms with E-state index in [9.17, 15) is 9.59 Å². The minimum Gasteiger partial charge on any atom is -0.350 e. The highest BCUT2D eigenvalue weighted by Gasteiger charge is 2.35. The maximum Gasteiger partial charge on any atom is 0.257 e. The van der Waals surface area contributed by atoms with Crippen molar-refractivity contribution in [2.45, 2.75) is 12.5 Å². The number of Topliss-reactive ketones (excluding diaryl/α,β-unsaturated/α-hetero) is 1. The maximum atomic E-state index is 12.5. The number of anilines is 1. The molecule has 3 rings (SSSR count). The summed E-state index contributed by atoms with van der Waals surface area (Å²) in [4.78, 5) is 26.4. The summed E-state index contributed by atoms with van der Waals surface area (Å²) < 4.78 is 0. The van der Waals surface area contributed by atoms with Crippen molar-refractivity contribution in [2.24, 2.45) is 0 Å². The van der Waals surface area contributed by atoms with Crippen LogP contribution in [0.2, 0.25) is 0 Å². The van der Waals surface area contributed by atoms with E-state index in [0.29, 0.717) is 6.42 Å². The number of hydrogen-bond donors (Lipinski definition) is 1. The summed E-state index contributed by atoms with van der Waals surface area (Å²) in [5.74, 6) is -0.458. The number of nitrogens with zero attached hydrogens (tertiary/aromatic N) is 1. The first-order valence-corrected chi connectivity index (χ1v) is 7.54. The number of benzene rings is 2. The minimum absolute atomic E-state index is 0.151. The maximum absolute atomic E-state index is 12.5. The molecule has 1 saturated heterocycles. The molecule has 1 N–H and O–H groups in total. The molecule has 4 heteroatoms. The van der Waals surface area contributed by atoms with Gasteiger partial charge in [-0.3, -0.25) is 9.59 Å². The third kappa shape index (κ3) is 3.31. The van der Waals surface area contributed by atoms with Crippen LogP contribution in [0, 0.1) is 0 Å². The van der Waals surface area contributed by atoms with Crippen LogP contribution >= 0.6 is 0 Å². The molecule has 0 saturated carbocycles. The minimum atomic E-state index is -0.486. The van der Waals surface area contributed by atoms with Crippen molar-refractivity contribution in [3.63, 3.8) is 0 Å². The first kappa shape index (κ1) is 15.0. The average Bonchev–Trinajstić information content (AvgIpc) is 2.84. The average molecular weight is 306 g/mol. The summed E-state index contributed by atoms with van der Waals surface area (Å²) in [6, 6.07) is 18.8. The predicted octanol–water partition coefficient (Wildman–Crippen LogP) is 2.32. The van der Waals surface area contributed by atoms with E-state index in [1.807, 2.05) is 67.7 Å². The Morgan fingerprint density at radius 3 is 2.26 bits per heavy atom. The van der Waals surface area contributed by atoms with Gasteiger partial charge in [0.2, 0.25) is 0 Å². The van der Waals surface area contributed by atoms with Crippen LogP contribution in [0.1, 0.15) is 5.56 Å². The van der Waals surface area contributed by atoms with Gasteiger partial charge in [0.15, 0.2) is 5.78 Å². The fraction of sp³-hybridized carbons (Fsp3) is 0.158. The van der Waals surface area contributed by atoms with Crippen molar-refractivity contribution in [2.75, 3.05) is 11.9 Å². The molecule has 0 radical (unpaired) electrons. The summed E-state index contributed by atoms with van der Waals surface area (Å²) in [5, 5.41) is 2.78. The molecule has 2 aromatic carbocycles. The van der Waals surface area contributed by atoms with E-state index in [1.54, 1.807) is 11.1 Å². The fourth-order valence-electron chi connectivity index (χ4n) is 2.65. The van der Waals surface area contributed by atoms with Crippen molar-refractivity contribution in [1.82, 2.24) is 5.32 Å². The molecular weight excluding hydrogens is 288 g/mol. The molecule has 1 aliphatic heterocycles. The summed E-state index contributed by atoms with van der Waals surface area (Å²) in [6.07, 6.45) is 2.12. The second-order valence-corrected chi connectivity index (χ2v) is 5.57. The second kappa shape index (κ2) is 6.48. The molecule has 1 amide bonds. The van der Waals surface area contributed by atoms with Gasteiger partial charge in [-0.2, -0.15) is 0 Å². The first-order valence-electron chi connectivity index (χ1n) is 7.54. The number of amides is 1. The Morgan fingerprint density at radius 1 is 1.00 bits per heavy atom. The lowest BCUT2D eigenvalue weighted by molar-refractivity contribution is -0.117. The number of hydrogen-bond acceptors (Lipinski definition) is 3. The summed E-state index contributed by atoms with van der Waals surface area (Å²) >= 11 is 0. The highest BCUT2D eigenvalue weighted by Crippen LogP contribution is 2.18. The highest BCUT2D eigenvalue weighted by molar-refractivity contribution is 6.26. The largest absolute Gasteiger partial charge is 0.350 e. The molecule has 1 aliphatic rings. The first-order chi connectivity index (χ1) is 11.1. The van der Waals surface area contributed by atoms with E-state index >= 15 is 0 Å². The number of para-hydroxylation sites is 1. The third-order valence-electron chi connectivity index (χ3n) is 3.90. The van der Waals surface area contributed by atoms with Gasteiger partial charge in [0.05, 0.1) is 6.04 Å². The molecule has 4 nitrogen and oxygen atoms in total. The Kier molecular flexibility index (Phi) is 4.24. The number of ketones is 1. The number of nitrogens with one attached hydrogen (secondary N) is 1. The Morgan fingerprint density at radius 2 is 1.61 bits per heavy atom. The molecule has 0 unspecified atom stereocenters. The Hall–Kier alpha value is -2.88. The van der Waals surface area contributed by atoms with Gasteiger partial charge in [-0.05, 0) is 17.7 Å². The summed E-state index contributed by atoms with van der Waals surface area (Å²) in [7, 11) is 1.83. The second-order valence-electron chi connectivity index (χ2n) is 5.57. The van der Waals surface area contributed by atoms with Crippen LogP contribution in [-0.2, 0) is 16.0 Å². The van der Waals surface area contributed by atoms with Gasteiger partial charge in [-0.15, -0.1) is 0 Å². The molecule has 0 spiro atoms. The van der Waals surface area contributed by atoms with Crippen LogP contribution in [0.5, 0.6) is 0 Å². The van der Waals surface area contributed by atoms with Crippen molar-refractivity contribution in [3.8, 4) is 0 Å². The lowest BCUT2D eigenvalue weighted by atomic mass is 10.0. The number of carbonyl (C=O) groups excluding carboxylic acids is 2. The molecule has 0 aliphatic carbocycles. The molecule has 116 valence electrons. The molecule has 1 fully saturated rings. The normalized spacial score (nSPS) is 19.0. The zero-order valence-corrected chi connectivity index (χ0v) is 12.9. The topological polar surface area (TPSA) is 49.4 Å². The van der Waals surface area contributed by atoms with Gasteiger partial charge in [0, 0.05) is 25.4 Å². The van der Waals surface area contributed by atoms with E-state index in [1.165, 1.54) is 0 Å². The zero-order valence-electron chi connectivity index (χ0n) is 12.9. The van der Waals surface area contributed by atoms with Crippen LogP contribution in [0.3, 0.4) is 0 Å². The van der Waals surface area contributed by atoms with Crippen LogP contribution in [0.15, 0.2) is 72.4 Å². The molecule has 0 bridgehead atoms. The molecule has 0 aromatic heterocycles. The number of carbonyl (C=O) groups is 2. The van der Waals surface area contributed by atoms with E-state index in [0.717, 1.165) is 11.3 Å². The van der Waals surface area contributed by atoms with Crippen LogP contribution in [0.25, 0.3) is 0 Å². The zero-order chi connectivity index (χ0) is 16.2. The molecule has 1 heterocycles. The van der Waals surface area contributed by atoms with Crippen molar-refractivity contribution in [3.05, 3.63) is 78.0 Å². The smallest absolute Gasteiger partial charge is 0.257 e. The fourth-order valence-corrected chi connectivity index (χ4v) is 2.65. The molecule has 2 aromatic rings. The predicted molar refractivity (Wildman–Crippen MR) is 90.0 cm³/mol. The Bertz CT molecular complexity index is 738. The van der Waals surface area contributed by atoms with Crippen molar-refractivity contribution >= 4 is 17.4 Å². The summed E-state index contributed by atoms with van der Waals surface area (Å²) in [6.45, 7) is 0. The lowest BCUT2D eigenvalue weighted by Gasteiger charge is -2.14. The van der Waals surface area contributed by atoms with E-state index in [-0.39, 0.29) is 17.3 Å². The monoisotopic (exact) mass is 306 g/mol. The van der Waals surface area contributed by atoms with Gasteiger partial charge >= 0.3 is 0 Å². The van der Waals surface area contributed by atoms with Gasteiger partial charge in [-0.25, -0.2) is 0 Å². The standard InChI is InChI=1S/C19H18N2O2/c1-21(15-10-6-3-7-11-15)13-16-18(22)17(20-19(16)23)12-14-8-4-2-5-9-14/h2-11,13,17H,12H2,1H3,(H,20,23)/b16-13-/t17-/m0/s1. The SMILES string of the molecule is CN(/C=C1\C(=O)N[C@@H](Cc2ccccc2)C1=O)c1ccccc1. The van der Waals surface area contributed by atoms with Crippen LogP contribution < -0.4 is 10.2 Å². The lowest BCUT2D eigenvalue weighted by Crippen LogP contribution is -2.31. The van der Waals surface area contributed by atoms with Gasteiger partial charge in [0.1, 0.15) is 5.57 Å². The Labute approximate surface area is 135 Å². The van der Waals surface area contributed by atoms with Crippen molar-refractivity contribution < 1.29 is 9.59 Å². The third-order valence-corrected chi connectivity index (χ3v) is 3.90. The number of rotatable bonds is 4. The van der Waals surface area contributed by atoms with Gasteiger partial charge in [0.25, 0.3) is 5.91 Å². The van der Waals surface area contributed by atoms with Crippen LogP contribution in [0.4, 0.5) is 5.69 Å². The molecular formula is C19H18N2O2. The highest BCUT2D eigenvalue weighted by atomic mass is 16.2. The van der Waals surface area contributed by atoms with Crippen LogP contribution in [-0.4, -0.2) is 24.8 Å². The summed E-state index contributed by atoms with van der Waals surface area (Å²) in [5.41, 5.74) is 2.16. The van der Waals surface area contributed by atoms with Gasteiger partial charge < -0.3 is 10.2 Å². The van der Waals surface area contributed by atoms with E-state index in [2.05, 4.69) is 5.32 Å².